The lowest BCUT2D eigenvalue weighted by atomic mass is 9.70. The SMILES string of the molecule is C/C(=C\c1csc(C)n1)[C@@H]1C[C@@H]2O[C@]2(C)CCC[C@H](C)[C@H](O)[C@@H](C)C(=O)[C@]2(C)CC(=O)N[C@H]2CC(=O)N1. The minimum Gasteiger partial charge on any atom is -0.392 e. The molecule has 3 aliphatic heterocycles. The van der Waals surface area contributed by atoms with Gasteiger partial charge in [-0.15, -0.1) is 11.3 Å². The molecule has 8 nitrogen and oxygen atoms in total. The van der Waals surface area contributed by atoms with E-state index in [1.165, 1.54) is 0 Å². The lowest BCUT2D eigenvalue weighted by Gasteiger charge is -2.34. The fourth-order valence-corrected chi connectivity index (χ4v) is 6.68. The summed E-state index contributed by atoms with van der Waals surface area (Å²) in [6.07, 6.45) is 4.37. The van der Waals surface area contributed by atoms with Crippen LogP contribution in [0.4, 0.5) is 0 Å². The van der Waals surface area contributed by atoms with Crippen LogP contribution in [-0.2, 0) is 19.1 Å². The molecule has 1 aromatic heterocycles. The van der Waals surface area contributed by atoms with Crippen LogP contribution in [0.15, 0.2) is 11.0 Å². The highest BCUT2D eigenvalue weighted by atomic mass is 32.1. The molecule has 4 rings (SSSR count). The van der Waals surface area contributed by atoms with Gasteiger partial charge in [0, 0.05) is 30.6 Å². The third-order valence-electron chi connectivity index (χ3n) is 8.81. The molecule has 0 bridgehead atoms. The van der Waals surface area contributed by atoms with E-state index in [0.717, 1.165) is 35.5 Å². The number of aliphatic hydroxyl groups excluding tert-OH is 1. The summed E-state index contributed by atoms with van der Waals surface area (Å²) >= 11 is 1.58. The number of ether oxygens (including phenoxy) is 1. The van der Waals surface area contributed by atoms with Crippen molar-refractivity contribution in [2.75, 3.05) is 0 Å². The largest absolute Gasteiger partial charge is 0.392 e. The third kappa shape index (κ3) is 5.99. The Kier molecular flexibility index (Phi) is 7.98. The highest BCUT2D eigenvalue weighted by Crippen LogP contribution is 2.45. The van der Waals surface area contributed by atoms with E-state index in [0.29, 0.717) is 6.42 Å². The van der Waals surface area contributed by atoms with Gasteiger partial charge in [-0.3, -0.25) is 14.4 Å². The first kappa shape index (κ1) is 27.9. The molecule has 204 valence electrons. The van der Waals surface area contributed by atoms with Crippen LogP contribution in [0.3, 0.4) is 0 Å². The Bertz CT molecular complexity index is 1090. The van der Waals surface area contributed by atoms with E-state index in [1.807, 2.05) is 32.2 Å². The second-order valence-electron chi connectivity index (χ2n) is 11.9. The van der Waals surface area contributed by atoms with Gasteiger partial charge in [-0.1, -0.05) is 27.2 Å². The summed E-state index contributed by atoms with van der Waals surface area (Å²) in [6, 6.07) is -0.883. The Morgan fingerprint density at radius 3 is 2.62 bits per heavy atom. The van der Waals surface area contributed by atoms with Gasteiger partial charge < -0.3 is 20.5 Å². The number of carbonyl (C=O) groups excluding carboxylic acids is 3. The van der Waals surface area contributed by atoms with Crippen LogP contribution in [0, 0.1) is 24.2 Å². The number of nitrogens with zero attached hydrogens (tertiary/aromatic N) is 1. The van der Waals surface area contributed by atoms with E-state index < -0.39 is 23.5 Å². The molecule has 0 unspecified atom stereocenters. The van der Waals surface area contributed by atoms with E-state index in [4.69, 9.17) is 4.74 Å². The van der Waals surface area contributed by atoms with Crippen LogP contribution >= 0.6 is 11.3 Å². The van der Waals surface area contributed by atoms with E-state index in [-0.39, 0.29) is 54.1 Å². The molecule has 3 saturated heterocycles. The number of epoxide rings is 1. The van der Waals surface area contributed by atoms with Gasteiger partial charge in [-0.2, -0.15) is 0 Å². The Morgan fingerprint density at radius 1 is 1.22 bits per heavy atom. The van der Waals surface area contributed by atoms with Crippen molar-refractivity contribution in [3.8, 4) is 0 Å². The number of rotatable bonds is 2. The number of hydrogen-bond donors (Lipinski definition) is 3. The summed E-state index contributed by atoms with van der Waals surface area (Å²) in [7, 11) is 0. The second-order valence-corrected chi connectivity index (χ2v) is 12.9. The number of Topliss-reactive ketones (excluding diaryl/α,β-unsaturated/α-hetero) is 1. The van der Waals surface area contributed by atoms with Crippen molar-refractivity contribution in [1.82, 2.24) is 15.6 Å². The number of hydrogen-bond acceptors (Lipinski definition) is 7. The number of aliphatic hydroxyl groups is 1. The first-order valence-electron chi connectivity index (χ1n) is 13.4. The maximum absolute atomic E-state index is 13.6. The van der Waals surface area contributed by atoms with Crippen LogP contribution in [0.1, 0.15) is 83.8 Å². The number of ketones is 1. The van der Waals surface area contributed by atoms with Crippen LogP contribution in [0.5, 0.6) is 0 Å². The van der Waals surface area contributed by atoms with Crippen molar-refractivity contribution in [2.24, 2.45) is 17.3 Å². The quantitative estimate of drug-likeness (QED) is 0.502. The lowest BCUT2D eigenvalue weighted by Crippen LogP contribution is -2.49. The number of carbonyl (C=O) groups is 3. The molecule has 3 aliphatic rings. The van der Waals surface area contributed by atoms with Crippen LogP contribution in [-0.4, -0.2) is 57.6 Å². The summed E-state index contributed by atoms with van der Waals surface area (Å²) in [5, 5.41) is 20.0. The standard InChI is InChI=1S/C28H41N3O5S/c1-15-8-7-9-28(6)22(36-28)11-20(16(2)10-19-14-37-18(4)29-19)30-23(32)12-21-27(5,13-24(33)31-21)26(35)17(3)25(15)34/h10,14-15,17,20-22,25,34H,7-9,11-13H2,1-6H3,(H,30,32)(H,31,33)/b16-10+/t15-,17+,20-,21-,22-,25-,27+,28+/m0/s1. The van der Waals surface area contributed by atoms with Gasteiger partial charge in [-0.25, -0.2) is 4.98 Å². The molecule has 0 aromatic carbocycles. The summed E-state index contributed by atoms with van der Waals surface area (Å²) in [5.41, 5.74) is 0.533. The van der Waals surface area contributed by atoms with Crippen LogP contribution < -0.4 is 10.6 Å². The van der Waals surface area contributed by atoms with Gasteiger partial charge in [-0.05, 0) is 51.2 Å². The number of fused-ring (bicyclic) bond motifs is 2. The molecule has 8 atom stereocenters. The average molecular weight is 532 g/mol. The van der Waals surface area contributed by atoms with E-state index >= 15 is 0 Å². The van der Waals surface area contributed by atoms with Gasteiger partial charge in [0.1, 0.15) is 5.78 Å². The third-order valence-corrected chi connectivity index (χ3v) is 9.60. The van der Waals surface area contributed by atoms with Crippen molar-refractivity contribution in [1.29, 1.82) is 0 Å². The van der Waals surface area contributed by atoms with Gasteiger partial charge in [0.2, 0.25) is 11.8 Å². The molecule has 3 fully saturated rings. The fourth-order valence-electron chi connectivity index (χ4n) is 6.11. The van der Waals surface area contributed by atoms with E-state index in [2.05, 4.69) is 22.5 Å². The van der Waals surface area contributed by atoms with Crippen LogP contribution in [0.25, 0.3) is 6.08 Å². The maximum atomic E-state index is 13.6. The topological polar surface area (TPSA) is 121 Å². The Hall–Kier alpha value is -2.10. The van der Waals surface area contributed by atoms with Crippen molar-refractivity contribution < 1.29 is 24.2 Å². The summed E-state index contributed by atoms with van der Waals surface area (Å²) < 4.78 is 6.13. The molecule has 2 amide bonds. The summed E-state index contributed by atoms with van der Waals surface area (Å²) in [4.78, 5) is 43.9. The van der Waals surface area contributed by atoms with Crippen molar-refractivity contribution in [2.45, 2.75) is 110 Å². The molecule has 37 heavy (non-hydrogen) atoms. The minimum atomic E-state index is -1.05. The lowest BCUT2D eigenvalue weighted by molar-refractivity contribution is -0.138. The maximum Gasteiger partial charge on any atom is 0.222 e. The Balaban J connectivity index is 1.61. The predicted octanol–water partition coefficient (Wildman–Crippen LogP) is 3.56. The molecular formula is C28H41N3O5S. The zero-order valence-corrected chi connectivity index (χ0v) is 23.6. The average Bonchev–Trinajstić information content (AvgIpc) is 3.10. The normalized spacial score (nSPS) is 40.0. The molecule has 0 saturated carbocycles. The molecule has 0 aliphatic carbocycles. The van der Waals surface area contributed by atoms with Crippen LogP contribution in [0.2, 0.25) is 0 Å². The Labute approximate surface area is 223 Å². The van der Waals surface area contributed by atoms with Gasteiger partial charge in [0.05, 0.1) is 46.0 Å². The fraction of sp³-hybridized carbons (Fsp3) is 0.714. The first-order valence-corrected chi connectivity index (χ1v) is 14.3. The zero-order valence-electron chi connectivity index (χ0n) is 22.8. The molecule has 0 radical (unpaired) electrons. The molecule has 1 aromatic rings. The van der Waals surface area contributed by atoms with E-state index in [9.17, 15) is 19.5 Å². The van der Waals surface area contributed by atoms with Crippen molar-refractivity contribution >= 4 is 35.0 Å². The molecular weight excluding hydrogens is 490 g/mol. The van der Waals surface area contributed by atoms with Crippen molar-refractivity contribution in [3.05, 3.63) is 21.7 Å². The smallest absolute Gasteiger partial charge is 0.222 e. The number of nitrogens with one attached hydrogen (secondary N) is 2. The number of thiazole rings is 1. The molecule has 0 spiro atoms. The first-order chi connectivity index (χ1) is 17.3. The summed E-state index contributed by atoms with van der Waals surface area (Å²) in [5.74, 6) is -1.34. The molecule has 9 heteroatoms. The zero-order chi connectivity index (χ0) is 27.1. The second kappa shape index (κ2) is 10.6. The molecule has 3 N–H and O–H groups in total. The predicted molar refractivity (Wildman–Crippen MR) is 143 cm³/mol. The molecule has 4 heterocycles. The monoisotopic (exact) mass is 531 g/mol. The number of amides is 2. The number of aromatic nitrogens is 1. The van der Waals surface area contributed by atoms with E-state index in [1.54, 1.807) is 25.2 Å². The summed E-state index contributed by atoms with van der Waals surface area (Å²) in [6.45, 7) is 11.5. The van der Waals surface area contributed by atoms with Crippen molar-refractivity contribution in [3.63, 3.8) is 0 Å². The minimum absolute atomic E-state index is 0.00523. The van der Waals surface area contributed by atoms with Gasteiger partial charge in [0.25, 0.3) is 0 Å². The number of aryl methyl sites for hydroxylation is 1. The highest BCUT2D eigenvalue weighted by molar-refractivity contribution is 7.09. The van der Waals surface area contributed by atoms with Gasteiger partial charge in [0.15, 0.2) is 0 Å². The highest BCUT2D eigenvalue weighted by Gasteiger charge is 2.54. The Morgan fingerprint density at radius 2 is 1.95 bits per heavy atom. The van der Waals surface area contributed by atoms with Gasteiger partial charge >= 0.3 is 0 Å².